The Bertz CT molecular complexity index is 952. The maximum Gasteiger partial charge on any atom is 0.272 e. The standard InChI is InChI=1S/C22H27N5O4/c1-16(21(29)25-10-12-31-13-11-25)23-20(28)18-14-19-22(30)26(8-5-9-27(19)24-18)15-17-6-3-2-4-7-17/h2-4,6-7,14,16H,5,8-13,15H2,1H3,(H,23,28)/t16-/m0/s1. The lowest BCUT2D eigenvalue weighted by Gasteiger charge is -2.29. The molecule has 1 N–H and O–H groups in total. The highest BCUT2D eigenvalue weighted by molar-refractivity contribution is 5.99. The first-order valence-corrected chi connectivity index (χ1v) is 10.6. The second kappa shape index (κ2) is 9.30. The van der Waals surface area contributed by atoms with E-state index in [-0.39, 0.29) is 17.5 Å². The zero-order valence-electron chi connectivity index (χ0n) is 17.6. The van der Waals surface area contributed by atoms with Crippen molar-refractivity contribution in [2.24, 2.45) is 0 Å². The van der Waals surface area contributed by atoms with Crippen molar-refractivity contribution in [2.75, 3.05) is 32.8 Å². The van der Waals surface area contributed by atoms with Gasteiger partial charge in [0.15, 0.2) is 5.69 Å². The van der Waals surface area contributed by atoms with Gasteiger partial charge >= 0.3 is 0 Å². The third-order valence-corrected chi connectivity index (χ3v) is 5.57. The maximum absolute atomic E-state index is 13.1. The molecule has 9 heteroatoms. The van der Waals surface area contributed by atoms with Gasteiger partial charge in [0.25, 0.3) is 11.8 Å². The average Bonchev–Trinajstić information content (AvgIpc) is 3.17. The van der Waals surface area contributed by atoms with Crippen molar-refractivity contribution in [1.82, 2.24) is 24.9 Å². The Morgan fingerprint density at radius 2 is 1.87 bits per heavy atom. The fraction of sp³-hybridized carbons (Fsp3) is 0.455. The molecule has 1 saturated heterocycles. The fourth-order valence-electron chi connectivity index (χ4n) is 3.89. The van der Waals surface area contributed by atoms with Gasteiger partial charge in [-0.3, -0.25) is 19.1 Å². The van der Waals surface area contributed by atoms with Crippen molar-refractivity contribution in [3.05, 3.63) is 53.3 Å². The topological polar surface area (TPSA) is 96.8 Å². The number of carbonyl (C=O) groups is 3. The summed E-state index contributed by atoms with van der Waals surface area (Å²) in [5, 5.41) is 7.05. The summed E-state index contributed by atoms with van der Waals surface area (Å²) in [4.78, 5) is 41.8. The molecule has 3 amide bonds. The van der Waals surface area contributed by atoms with Crippen molar-refractivity contribution in [3.63, 3.8) is 0 Å². The van der Waals surface area contributed by atoms with Crippen LogP contribution in [0, 0.1) is 0 Å². The molecule has 0 saturated carbocycles. The Kier molecular flexibility index (Phi) is 6.31. The van der Waals surface area contributed by atoms with Gasteiger partial charge in [-0.2, -0.15) is 5.10 Å². The number of fused-ring (bicyclic) bond motifs is 1. The van der Waals surface area contributed by atoms with Gasteiger partial charge in [-0.1, -0.05) is 30.3 Å². The zero-order chi connectivity index (χ0) is 21.8. The molecule has 4 rings (SSSR count). The van der Waals surface area contributed by atoms with E-state index >= 15 is 0 Å². The highest BCUT2D eigenvalue weighted by Crippen LogP contribution is 2.17. The minimum absolute atomic E-state index is 0.145. The second-order valence-electron chi connectivity index (χ2n) is 7.84. The normalized spacial score (nSPS) is 17.6. The third kappa shape index (κ3) is 4.77. The van der Waals surface area contributed by atoms with E-state index < -0.39 is 11.9 Å². The van der Waals surface area contributed by atoms with Gasteiger partial charge in [0, 0.05) is 38.8 Å². The van der Waals surface area contributed by atoms with Crippen LogP contribution in [0.5, 0.6) is 0 Å². The lowest BCUT2D eigenvalue weighted by atomic mass is 10.2. The summed E-state index contributed by atoms with van der Waals surface area (Å²) in [5.41, 5.74) is 1.59. The quantitative estimate of drug-likeness (QED) is 0.768. The molecule has 1 fully saturated rings. The van der Waals surface area contributed by atoms with E-state index in [0.29, 0.717) is 51.6 Å². The molecule has 9 nitrogen and oxygen atoms in total. The fourth-order valence-corrected chi connectivity index (χ4v) is 3.89. The van der Waals surface area contributed by atoms with Crippen LogP contribution < -0.4 is 5.32 Å². The minimum atomic E-state index is -0.683. The zero-order valence-corrected chi connectivity index (χ0v) is 17.6. The Labute approximate surface area is 180 Å². The van der Waals surface area contributed by atoms with E-state index in [4.69, 9.17) is 4.74 Å². The van der Waals surface area contributed by atoms with Gasteiger partial charge in [0.05, 0.1) is 13.2 Å². The third-order valence-electron chi connectivity index (χ3n) is 5.57. The molecule has 3 heterocycles. The molecule has 164 valence electrons. The van der Waals surface area contributed by atoms with Gasteiger partial charge in [0.1, 0.15) is 11.7 Å². The van der Waals surface area contributed by atoms with E-state index in [2.05, 4.69) is 10.4 Å². The largest absolute Gasteiger partial charge is 0.378 e. The highest BCUT2D eigenvalue weighted by atomic mass is 16.5. The Morgan fingerprint density at radius 3 is 2.61 bits per heavy atom. The van der Waals surface area contributed by atoms with Crippen molar-refractivity contribution in [2.45, 2.75) is 32.5 Å². The number of rotatable bonds is 5. The van der Waals surface area contributed by atoms with Crippen molar-refractivity contribution in [3.8, 4) is 0 Å². The molecule has 1 aromatic heterocycles. The molecule has 31 heavy (non-hydrogen) atoms. The summed E-state index contributed by atoms with van der Waals surface area (Å²) in [5.74, 6) is -0.759. The highest BCUT2D eigenvalue weighted by Gasteiger charge is 2.28. The van der Waals surface area contributed by atoms with Gasteiger partial charge < -0.3 is 19.9 Å². The predicted octanol–water partition coefficient (Wildman–Crippen LogP) is 0.906. The predicted molar refractivity (Wildman–Crippen MR) is 112 cm³/mol. The number of amides is 3. The van der Waals surface area contributed by atoms with Crippen LogP contribution >= 0.6 is 0 Å². The van der Waals surface area contributed by atoms with E-state index in [9.17, 15) is 14.4 Å². The Hall–Kier alpha value is -3.20. The van der Waals surface area contributed by atoms with E-state index in [1.165, 1.54) is 6.07 Å². The molecule has 1 aromatic carbocycles. The van der Waals surface area contributed by atoms with Crippen LogP contribution in [0.1, 0.15) is 39.9 Å². The molecular formula is C22H27N5O4. The van der Waals surface area contributed by atoms with Gasteiger partial charge in [0.2, 0.25) is 5.91 Å². The summed E-state index contributed by atoms with van der Waals surface area (Å²) in [7, 11) is 0. The van der Waals surface area contributed by atoms with Crippen molar-refractivity contribution >= 4 is 17.7 Å². The van der Waals surface area contributed by atoms with Crippen LogP contribution in [0.2, 0.25) is 0 Å². The number of ether oxygens (including phenoxy) is 1. The first-order chi connectivity index (χ1) is 15.0. The molecule has 0 radical (unpaired) electrons. The molecule has 0 unspecified atom stereocenters. The molecule has 0 spiro atoms. The number of morpholine rings is 1. The lowest BCUT2D eigenvalue weighted by Crippen LogP contribution is -2.50. The van der Waals surface area contributed by atoms with Gasteiger partial charge in [-0.15, -0.1) is 0 Å². The van der Waals surface area contributed by atoms with E-state index in [1.807, 2.05) is 30.3 Å². The van der Waals surface area contributed by atoms with Crippen LogP contribution in [0.4, 0.5) is 0 Å². The molecule has 2 aliphatic rings. The Balaban J connectivity index is 1.43. The van der Waals surface area contributed by atoms with Crippen molar-refractivity contribution in [1.29, 1.82) is 0 Å². The van der Waals surface area contributed by atoms with E-state index in [1.54, 1.807) is 21.4 Å². The first-order valence-electron chi connectivity index (χ1n) is 10.6. The molecule has 1 atom stereocenters. The van der Waals surface area contributed by atoms with Crippen molar-refractivity contribution < 1.29 is 19.1 Å². The van der Waals surface area contributed by atoms with Crippen LogP contribution in [0.3, 0.4) is 0 Å². The van der Waals surface area contributed by atoms with Gasteiger partial charge in [-0.25, -0.2) is 0 Å². The van der Waals surface area contributed by atoms with Crippen LogP contribution in [-0.4, -0.2) is 76.2 Å². The molecule has 0 aliphatic carbocycles. The number of carbonyl (C=O) groups excluding carboxylic acids is 3. The first kappa shape index (κ1) is 21.0. The SMILES string of the molecule is C[C@H](NC(=O)c1cc2n(n1)CCCN(Cc1ccccc1)C2=O)C(=O)N1CCOCC1. The molecular weight excluding hydrogens is 398 g/mol. The van der Waals surface area contributed by atoms with Crippen LogP contribution in [-0.2, 0) is 22.6 Å². The number of benzene rings is 1. The summed E-state index contributed by atoms with van der Waals surface area (Å²) in [6.07, 6.45) is 0.750. The number of hydrogen-bond donors (Lipinski definition) is 1. The molecule has 2 aromatic rings. The Morgan fingerprint density at radius 1 is 1.13 bits per heavy atom. The van der Waals surface area contributed by atoms with Gasteiger partial charge in [-0.05, 0) is 18.9 Å². The summed E-state index contributed by atoms with van der Waals surface area (Å²) in [6, 6.07) is 10.7. The summed E-state index contributed by atoms with van der Waals surface area (Å²) in [6.45, 7) is 5.39. The monoisotopic (exact) mass is 425 g/mol. The lowest BCUT2D eigenvalue weighted by molar-refractivity contribution is -0.136. The second-order valence-corrected chi connectivity index (χ2v) is 7.84. The smallest absolute Gasteiger partial charge is 0.272 e. The minimum Gasteiger partial charge on any atom is -0.378 e. The number of nitrogens with zero attached hydrogens (tertiary/aromatic N) is 4. The van der Waals surface area contributed by atoms with Crippen LogP contribution in [0.25, 0.3) is 0 Å². The van der Waals surface area contributed by atoms with Crippen LogP contribution in [0.15, 0.2) is 36.4 Å². The average molecular weight is 425 g/mol. The maximum atomic E-state index is 13.1. The number of aromatic nitrogens is 2. The number of aryl methyl sites for hydroxylation is 1. The number of nitrogens with one attached hydrogen (secondary N) is 1. The molecule has 0 bridgehead atoms. The van der Waals surface area contributed by atoms with E-state index in [0.717, 1.165) is 12.0 Å². The summed E-state index contributed by atoms with van der Waals surface area (Å²) < 4.78 is 6.86. The molecule has 2 aliphatic heterocycles. The summed E-state index contributed by atoms with van der Waals surface area (Å²) >= 11 is 0. The number of hydrogen-bond acceptors (Lipinski definition) is 5.